The molecule has 0 bridgehead atoms. The first-order valence-corrected chi connectivity index (χ1v) is 11.6. The molecule has 1 heterocycles. The number of nitrogens with one attached hydrogen (secondary N) is 2. The van der Waals surface area contributed by atoms with E-state index in [0.717, 1.165) is 51.2 Å². The first kappa shape index (κ1) is 25.2. The van der Waals surface area contributed by atoms with Gasteiger partial charge in [0.15, 0.2) is 5.96 Å². The molecule has 0 aromatic heterocycles. The van der Waals surface area contributed by atoms with Gasteiger partial charge in [0.1, 0.15) is 6.54 Å². The van der Waals surface area contributed by atoms with Crippen molar-refractivity contribution in [2.45, 2.75) is 82.7 Å². The van der Waals surface area contributed by atoms with Crippen LogP contribution in [0.3, 0.4) is 0 Å². The van der Waals surface area contributed by atoms with Crippen LogP contribution in [0.4, 0.5) is 0 Å². The first-order chi connectivity index (χ1) is 14.0. The number of carbonyl (C=O) groups is 2. The van der Waals surface area contributed by atoms with Crippen molar-refractivity contribution < 1.29 is 9.59 Å². The Labute approximate surface area is 198 Å². The van der Waals surface area contributed by atoms with Gasteiger partial charge in [0.05, 0.1) is 0 Å². The third-order valence-corrected chi connectivity index (χ3v) is 6.61. The van der Waals surface area contributed by atoms with Crippen LogP contribution in [-0.4, -0.2) is 73.4 Å². The van der Waals surface area contributed by atoms with Crippen LogP contribution in [-0.2, 0) is 9.59 Å². The van der Waals surface area contributed by atoms with Gasteiger partial charge in [-0.25, -0.2) is 4.99 Å². The summed E-state index contributed by atoms with van der Waals surface area (Å²) in [5.74, 6) is 1.29. The molecule has 2 saturated carbocycles. The predicted molar refractivity (Wildman–Crippen MR) is 131 cm³/mol. The molecule has 0 aromatic rings. The van der Waals surface area contributed by atoms with E-state index in [-0.39, 0.29) is 48.4 Å². The van der Waals surface area contributed by atoms with E-state index in [1.165, 1.54) is 38.5 Å². The van der Waals surface area contributed by atoms with E-state index in [1.807, 2.05) is 4.90 Å². The zero-order valence-electron chi connectivity index (χ0n) is 18.7. The number of aliphatic imine (C=N–C) groups is 1. The standard InChI is InChI=1S/C22H39N5O2.HI/c1-26(2)20(28)15-23-22(24-18-11-7-4-8-12-18)25-19-13-14-27(16-19)21(29)17-9-5-3-6-10-17;/h17-19H,3-16H2,1-2H3,(H2,23,24,25);1H. The quantitative estimate of drug-likeness (QED) is 0.324. The summed E-state index contributed by atoms with van der Waals surface area (Å²) in [5, 5.41) is 7.07. The second-order valence-electron chi connectivity index (χ2n) is 9.18. The van der Waals surface area contributed by atoms with Crippen LogP contribution in [0, 0.1) is 5.92 Å². The van der Waals surface area contributed by atoms with E-state index in [2.05, 4.69) is 15.6 Å². The summed E-state index contributed by atoms with van der Waals surface area (Å²) in [6, 6.07) is 0.623. The Hall–Kier alpha value is -1.06. The minimum Gasteiger partial charge on any atom is -0.354 e. The van der Waals surface area contributed by atoms with Crippen molar-refractivity contribution in [1.29, 1.82) is 0 Å². The molecule has 7 nitrogen and oxygen atoms in total. The SMILES string of the molecule is CN(C)C(=O)CN=C(NC1CCCCC1)NC1CCN(C(=O)C2CCCCC2)C1.I. The van der Waals surface area contributed by atoms with Gasteiger partial charge in [0.25, 0.3) is 0 Å². The largest absolute Gasteiger partial charge is 0.354 e. The number of halogens is 1. The monoisotopic (exact) mass is 533 g/mol. The van der Waals surface area contributed by atoms with Gasteiger partial charge in [-0.1, -0.05) is 38.5 Å². The zero-order valence-corrected chi connectivity index (χ0v) is 21.0. The predicted octanol–water partition coefficient (Wildman–Crippen LogP) is 2.74. The highest BCUT2D eigenvalue weighted by atomic mass is 127. The Morgan fingerprint density at radius 3 is 2.13 bits per heavy atom. The maximum atomic E-state index is 12.8. The van der Waals surface area contributed by atoms with E-state index in [0.29, 0.717) is 11.9 Å². The van der Waals surface area contributed by atoms with Crippen molar-refractivity contribution in [3.63, 3.8) is 0 Å². The highest BCUT2D eigenvalue weighted by Crippen LogP contribution is 2.26. The lowest BCUT2D eigenvalue weighted by atomic mass is 9.88. The molecule has 3 fully saturated rings. The summed E-state index contributed by atoms with van der Waals surface area (Å²) in [6.45, 7) is 1.70. The lowest BCUT2D eigenvalue weighted by Gasteiger charge is -2.28. The van der Waals surface area contributed by atoms with E-state index in [1.54, 1.807) is 19.0 Å². The van der Waals surface area contributed by atoms with Gasteiger partial charge in [0.2, 0.25) is 11.8 Å². The fraction of sp³-hybridized carbons (Fsp3) is 0.864. The topological polar surface area (TPSA) is 77.0 Å². The Balaban J connectivity index is 0.00000320. The maximum Gasteiger partial charge on any atom is 0.243 e. The summed E-state index contributed by atoms with van der Waals surface area (Å²) < 4.78 is 0. The summed E-state index contributed by atoms with van der Waals surface area (Å²) in [4.78, 5) is 33.0. The molecule has 0 aromatic carbocycles. The Morgan fingerprint density at radius 2 is 1.50 bits per heavy atom. The number of amides is 2. The van der Waals surface area contributed by atoms with Crippen molar-refractivity contribution in [3.8, 4) is 0 Å². The fourth-order valence-electron chi connectivity index (χ4n) is 4.74. The van der Waals surface area contributed by atoms with Crippen LogP contribution in [0.5, 0.6) is 0 Å². The van der Waals surface area contributed by atoms with Crippen molar-refractivity contribution in [1.82, 2.24) is 20.4 Å². The van der Waals surface area contributed by atoms with E-state index >= 15 is 0 Å². The molecule has 1 atom stereocenters. The molecule has 2 N–H and O–H groups in total. The van der Waals surface area contributed by atoms with E-state index < -0.39 is 0 Å². The third kappa shape index (κ3) is 7.57. The molecule has 1 aliphatic heterocycles. The minimum atomic E-state index is -0.00438. The molecule has 3 aliphatic rings. The molecule has 8 heteroatoms. The average Bonchev–Trinajstić information content (AvgIpc) is 3.21. The van der Waals surface area contributed by atoms with Gasteiger partial charge in [-0.3, -0.25) is 9.59 Å². The summed E-state index contributed by atoms with van der Waals surface area (Å²) in [7, 11) is 3.51. The number of likely N-dealkylation sites (N-methyl/N-ethyl adjacent to an activating group) is 1. The van der Waals surface area contributed by atoms with Gasteiger partial charge in [-0.15, -0.1) is 24.0 Å². The number of guanidine groups is 1. The Kier molecular flexibility index (Phi) is 10.7. The minimum absolute atomic E-state index is 0. The highest BCUT2D eigenvalue weighted by molar-refractivity contribution is 14.0. The number of rotatable bonds is 5. The fourth-order valence-corrected chi connectivity index (χ4v) is 4.74. The summed E-state index contributed by atoms with van der Waals surface area (Å²) >= 11 is 0. The lowest BCUT2D eigenvalue weighted by molar-refractivity contribution is -0.135. The molecule has 0 spiro atoms. The van der Waals surface area contributed by atoms with Gasteiger partial charge >= 0.3 is 0 Å². The van der Waals surface area contributed by atoms with Crippen LogP contribution >= 0.6 is 24.0 Å². The number of carbonyl (C=O) groups excluding carboxylic acids is 2. The van der Waals surface area contributed by atoms with Crippen LogP contribution in [0.1, 0.15) is 70.6 Å². The highest BCUT2D eigenvalue weighted by Gasteiger charge is 2.32. The van der Waals surface area contributed by atoms with Gasteiger partial charge < -0.3 is 20.4 Å². The Morgan fingerprint density at radius 1 is 0.900 bits per heavy atom. The lowest BCUT2D eigenvalue weighted by Crippen LogP contribution is -2.49. The van der Waals surface area contributed by atoms with E-state index in [4.69, 9.17) is 0 Å². The molecular weight excluding hydrogens is 493 g/mol. The molecule has 2 amide bonds. The average molecular weight is 533 g/mol. The smallest absolute Gasteiger partial charge is 0.243 e. The normalized spacial score (nSPS) is 23.6. The van der Waals surface area contributed by atoms with Crippen LogP contribution in [0.25, 0.3) is 0 Å². The second kappa shape index (κ2) is 12.7. The molecule has 30 heavy (non-hydrogen) atoms. The number of nitrogens with zero attached hydrogens (tertiary/aromatic N) is 3. The van der Waals surface area contributed by atoms with Crippen molar-refractivity contribution >= 4 is 41.8 Å². The van der Waals surface area contributed by atoms with Crippen molar-refractivity contribution in [2.75, 3.05) is 33.7 Å². The zero-order chi connectivity index (χ0) is 20.6. The van der Waals surface area contributed by atoms with Crippen molar-refractivity contribution in [2.24, 2.45) is 10.9 Å². The van der Waals surface area contributed by atoms with Crippen LogP contribution in [0.15, 0.2) is 4.99 Å². The van der Waals surface area contributed by atoms with E-state index in [9.17, 15) is 9.59 Å². The van der Waals surface area contributed by atoms with Gasteiger partial charge in [0, 0.05) is 45.2 Å². The third-order valence-electron chi connectivity index (χ3n) is 6.61. The molecule has 172 valence electrons. The van der Waals surface area contributed by atoms with Crippen molar-refractivity contribution in [3.05, 3.63) is 0 Å². The summed E-state index contributed by atoms with van der Waals surface area (Å²) in [5.41, 5.74) is 0. The van der Waals surface area contributed by atoms with Gasteiger partial charge in [-0.05, 0) is 32.1 Å². The molecule has 3 rings (SSSR count). The van der Waals surface area contributed by atoms with Crippen LogP contribution in [0.2, 0.25) is 0 Å². The molecule has 0 radical (unpaired) electrons. The molecular formula is C22H40IN5O2. The number of hydrogen-bond donors (Lipinski definition) is 2. The number of hydrogen-bond acceptors (Lipinski definition) is 3. The van der Waals surface area contributed by atoms with Gasteiger partial charge in [-0.2, -0.15) is 0 Å². The number of likely N-dealkylation sites (tertiary alicyclic amines) is 1. The maximum absolute atomic E-state index is 12.8. The van der Waals surface area contributed by atoms with Crippen LogP contribution < -0.4 is 10.6 Å². The first-order valence-electron chi connectivity index (χ1n) is 11.6. The summed E-state index contributed by atoms with van der Waals surface area (Å²) in [6.07, 6.45) is 12.8. The molecule has 1 unspecified atom stereocenters. The Bertz CT molecular complexity index is 586. The molecule has 1 saturated heterocycles. The second-order valence-corrected chi connectivity index (χ2v) is 9.18. The molecule has 2 aliphatic carbocycles.